The van der Waals surface area contributed by atoms with Crippen LogP contribution in [0.3, 0.4) is 0 Å². The number of rotatable bonds is 3. The number of hydrogen-bond donors (Lipinski definition) is 1. The maximum Gasteiger partial charge on any atom is 0.242 e. The summed E-state index contributed by atoms with van der Waals surface area (Å²) < 4.78 is 0. The van der Waals surface area contributed by atoms with E-state index in [-0.39, 0.29) is 11.4 Å². The van der Waals surface area contributed by atoms with E-state index in [2.05, 4.69) is 11.8 Å². The SMILES string of the molecule is CN(C)C[C@]1(O)CCN(C(=O)[C@@]2(C)CCCCN2C)C1. The Hall–Kier alpha value is -0.650. The summed E-state index contributed by atoms with van der Waals surface area (Å²) in [5.41, 5.74) is -1.13. The molecule has 5 heteroatoms. The van der Waals surface area contributed by atoms with Crippen molar-refractivity contribution in [3.8, 4) is 0 Å². The third kappa shape index (κ3) is 3.00. The Bertz CT molecular complexity index is 374. The van der Waals surface area contributed by atoms with Crippen LogP contribution >= 0.6 is 0 Å². The number of carbonyl (C=O) groups is 1. The van der Waals surface area contributed by atoms with Gasteiger partial charge < -0.3 is 14.9 Å². The van der Waals surface area contributed by atoms with Crippen LogP contribution in [0, 0.1) is 0 Å². The van der Waals surface area contributed by atoms with Crippen LogP contribution in [-0.2, 0) is 4.79 Å². The summed E-state index contributed by atoms with van der Waals surface area (Å²) in [6, 6.07) is 0. The average molecular weight is 283 g/mol. The van der Waals surface area contributed by atoms with E-state index in [4.69, 9.17) is 0 Å². The molecule has 2 atom stereocenters. The summed E-state index contributed by atoms with van der Waals surface area (Å²) in [5, 5.41) is 10.6. The lowest BCUT2D eigenvalue weighted by Crippen LogP contribution is -2.58. The summed E-state index contributed by atoms with van der Waals surface area (Å²) in [4.78, 5) is 18.9. The van der Waals surface area contributed by atoms with Crippen molar-refractivity contribution in [3.63, 3.8) is 0 Å². The highest BCUT2D eigenvalue weighted by molar-refractivity contribution is 5.86. The van der Waals surface area contributed by atoms with Crippen molar-refractivity contribution in [1.82, 2.24) is 14.7 Å². The molecule has 0 saturated carbocycles. The Morgan fingerprint density at radius 3 is 2.55 bits per heavy atom. The highest BCUT2D eigenvalue weighted by atomic mass is 16.3. The van der Waals surface area contributed by atoms with Crippen molar-refractivity contribution in [3.05, 3.63) is 0 Å². The van der Waals surface area contributed by atoms with Gasteiger partial charge >= 0.3 is 0 Å². The highest BCUT2D eigenvalue weighted by Crippen LogP contribution is 2.31. The molecule has 0 bridgehead atoms. The van der Waals surface area contributed by atoms with E-state index in [1.807, 2.05) is 30.9 Å². The van der Waals surface area contributed by atoms with Crippen molar-refractivity contribution in [2.45, 2.75) is 43.7 Å². The predicted molar refractivity (Wildman–Crippen MR) is 79.6 cm³/mol. The van der Waals surface area contributed by atoms with Gasteiger partial charge in [-0.3, -0.25) is 9.69 Å². The van der Waals surface area contributed by atoms with Crippen LogP contribution in [-0.4, -0.2) is 84.2 Å². The Balaban J connectivity index is 2.04. The van der Waals surface area contributed by atoms with Gasteiger partial charge in [-0.05, 0) is 60.3 Å². The van der Waals surface area contributed by atoms with Crippen molar-refractivity contribution in [2.24, 2.45) is 0 Å². The van der Waals surface area contributed by atoms with E-state index in [1.165, 1.54) is 6.42 Å². The van der Waals surface area contributed by atoms with Crippen molar-refractivity contribution in [1.29, 1.82) is 0 Å². The summed E-state index contributed by atoms with van der Waals surface area (Å²) in [6.07, 6.45) is 3.88. The van der Waals surface area contributed by atoms with E-state index < -0.39 is 5.60 Å². The second kappa shape index (κ2) is 5.62. The van der Waals surface area contributed by atoms with Crippen LogP contribution in [0.1, 0.15) is 32.6 Å². The molecule has 0 aliphatic carbocycles. The number of piperidine rings is 1. The van der Waals surface area contributed by atoms with Crippen molar-refractivity contribution in [2.75, 3.05) is 47.3 Å². The van der Waals surface area contributed by atoms with Crippen LogP contribution in [0.15, 0.2) is 0 Å². The van der Waals surface area contributed by atoms with Crippen LogP contribution in [0.5, 0.6) is 0 Å². The van der Waals surface area contributed by atoms with Gasteiger partial charge in [0, 0.05) is 13.1 Å². The molecule has 0 unspecified atom stereocenters. The van der Waals surface area contributed by atoms with Gasteiger partial charge in [-0.25, -0.2) is 0 Å². The Labute approximate surface area is 122 Å². The lowest BCUT2D eigenvalue weighted by Gasteiger charge is -2.43. The number of aliphatic hydroxyl groups is 1. The Morgan fingerprint density at radius 1 is 1.25 bits per heavy atom. The number of carbonyl (C=O) groups excluding carboxylic acids is 1. The predicted octanol–water partition coefficient (Wildman–Crippen LogP) is 0.386. The number of hydrogen-bond acceptors (Lipinski definition) is 4. The second-order valence-electron chi connectivity index (χ2n) is 7.09. The van der Waals surface area contributed by atoms with Gasteiger partial charge in [0.2, 0.25) is 5.91 Å². The van der Waals surface area contributed by atoms with Crippen LogP contribution < -0.4 is 0 Å². The molecule has 1 amide bonds. The van der Waals surface area contributed by atoms with Crippen molar-refractivity contribution < 1.29 is 9.90 Å². The first-order chi connectivity index (χ1) is 9.27. The summed E-state index contributed by atoms with van der Waals surface area (Å²) in [6.45, 7) is 4.79. The zero-order valence-corrected chi connectivity index (χ0v) is 13.4. The minimum atomic E-state index is -0.747. The van der Waals surface area contributed by atoms with Gasteiger partial charge in [0.25, 0.3) is 0 Å². The largest absolute Gasteiger partial charge is 0.387 e. The van der Waals surface area contributed by atoms with E-state index in [0.717, 1.165) is 19.4 Å². The lowest BCUT2D eigenvalue weighted by molar-refractivity contribution is -0.145. The van der Waals surface area contributed by atoms with Gasteiger partial charge in [-0.1, -0.05) is 0 Å². The molecule has 1 N–H and O–H groups in total. The van der Waals surface area contributed by atoms with E-state index in [9.17, 15) is 9.90 Å². The fourth-order valence-electron chi connectivity index (χ4n) is 3.61. The minimum absolute atomic E-state index is 0.189. The summed E-state index contributed by atoms with van der Waals surface area (Å²) in [5.74, 6) is 0.189. The monoisotopic (exact) mass is 283 g/mol. The molecule has 0 spiro atoms. The van der Waals surface area contributed by atoms with Gasteiger partial charge in [0.1, 0.15) is 0 Å². The first-order valence-electron chi connectivity index (χ1n) is 7.65. The van der Waals surface area contributed by atoms with Crippen LogP contribution in [0.25, 0.3) is 0 Å². The molecule has 2 rings (SSSR count). The molecular formula is C15H29N3O2. The maximum absolute atomic E-state index is 12.9. The molecule has 2 saturated heterocycles. The first kappa shape index (κ1) is 15.7. The summed E-state index contributed by atoms with van der Waals surface area (Å²) in [7, 11) is 5.95. The number of likely N-dealkylation sites (N-methyl/N-ethyl adjacent to an activating group) is 2. The molecule has 2 aliphatic rings. The van der Waals surface area contributed by atoms with Gasteiger partial charge in [0.05, 0.1) is 17.7 Å². The number of nitrogens with zero attached hydrogens (tertiary/aromatic N) is 3. The maximum atomic E-state index is 12.9. The topological polar surface area (TPSA) is 47.0 Å². The molecule has 0 aromatic carbocycles. The minimum Gasteiger partial charge on any atom is -0.387 e. The molecular weight excluding hydrogens is 254 g/mol. The van der Waals surface area contributed by atoms with Crippen molar-refractivity contribution >= 4 is 5.91 Å². The van der Waals surface area contributed by atoms with Gasteiger partial charge in [0.15, 0.2) is 0 Å². The highest BCUT2D eigenvalue weighted by Gasteiger charge is 2.46. The average Bonchev–Trinajstić information content (AvgIpc) is 2.73. The number of β-amino-alcohol motifs (C(OH)–C–C–N with tert-alkyl or cyclic N) is 1. The first-order valence-corrected chi connectivity index (χ1v) is 7.65. The molecule has 5 nitrogen and oxygen atoms in total. The molecule has 20 heavy (non-hydrogen) atoms. The molecule has 2 heterocycles. The van der Waals surface area contributed by atoms with Gasteiger partial charge in [-0.2, -0.15) is 0 Å². The zero-order valence-electron chi connectivity index (χ0n) is 13.4. The lowest BCUT2D eigenvalue weighted by atomic mass is 9.87. The smallest absolute Gasteiger partial charge is 0.242 e. The van der Waals surface area contributed by atoms with E-state index in [1.54, 1.807) is 0 Å². The third-order valence-electron chi connectivity index (χ3n) is 4.94. The number of likely N-dealkylation sites (tertiary alicyclic amines) is 2. The molecule has 0 aromatic rings. The molecule has 2 fully saturated rings. The fourth-order valence-corrected chi connectivity index (χ4v) is 3.61. The van der Waals surface area contributed by atoms with E-state index in [0.29, 0.717) is 26.1 Å². The standard InChI is InChI=1S/C15H29N3O2/c1-14(7-5-6-9-17(14)4)13(19)18-10-8-15(20,12-18)11-16(2)3/h20H,5-12H2,1-4H3/t14-,15-/m1/s1. The second-order valence-corrected chi connectivity index (χ2v) is 7.09. The fraction of sp³-hybridized carbons (Fsp3) is 0.933. The van der Waals surface area contributed by atoms with Crippen LogP contribution in [0.4, 0.5) is 0 Å². The normalized spacial score (nSPS) is 35.8. The molecule has 2 aliphatic heterocycles. The van der Waals surface area contributed by atoms with Gasteiger partial charge in [-0.15, -0.1) is 0 Å². The third-order valence-corrected chi connectivity index (χ3v) is 4.94. The zero-order chi connectivity index (χ0) is 15.0. The Kier molecular flexibility index (Phi) is 4.42. The molecule has 0 aromatic heterocycles. The summed E-state index contributed by atoms with van der Waals surface area (Å²) >= 11 is 0. The number of amides is 1. The molecule has 0 radical (unpaired) electrons. The van der Waals surface area contributed by atoms with Crippen LogP contribution in [0.2, 0.25) is 0 Å². The molecule has 116 valence electrons. The Morgan fingerprint density at radius 2 is 1.95 bits per heavy atom. The van der Waals surface area contributed by atoms with E-state index >= 15 is 0 Å². The quantitative estimate of drug-likeness (QED) is 0.814.